The van der Waals surface area contributed by atoms with Gasteiger partial charge in [-0.2, -0.15) is 0 Å². The summed E-state index contributed by atoms with van der Waals surface area (Å²) in [4.78, 5) is 11.0. The van der Waals surface area contributed by atoms with Gasteiger partial charge in [-0.25, -0.2) is 9.97 Å². The van der Waals surface area contributed by atoms with Crippen LogP contribution in [0.1, 0.15) is 5.56 Å². The number of methoxy groups -OCH3 is 1. The summed E-state index contributed by atoms with van der Waals surface area (Å²) in [6.45, 7) is 2.07. The summed E-state index contributed by atoms with van der Waals surface area (Å²) in [5.41, 5.74) is 2.31. The molecule has 0 aliphatic carbocycles. The van der Waals surface area contributed by atoms with Crippen molar-refractivity contribution in [2.75, 3.05) is 30.5 Å². The first-order valence-electron chi connectivity index (χ1n) is 8.28. The fourth-order valence-corrected chi connectivity index (χ4v) is 2.55. The minimum Gasteiger partial charge on any atom is -0.383 e. The average molecular weight is 334 g/mol. The van der Waals surface area contributed by atoms with Crippen LogP contribution in [0.5, 0.6) is 0 Å². The predicted octanol–water partition coefficient (Wildman–Crippen LogP) is 3.87. The molecular weight excluding hydrogens is 312 g/mol. The maximum Gasteiger partial charge on any atom is 0.138 e. The molecule has 2 aromatic carbocycles. The van der Waals surface area contributed by atoms with Crippen molar-refractivity contribution in [1.29, 1.82) is 0 Å². The van der Waals surface area contributed by atoms with E-state index in [1.54, 1.807) is 13.4 Å². The molecule has 0 bridgehead atoms. The van der Waals surface area contributed by atoms with Crippen molar-refractivity contribution in [2.24, 2.45) is 0 Å². The van der Waals surface area contributed by atoms with Crippen LogP contribution in [-0.4, -0.2) is 30.2 Å². The van der Waals surface area contributed by atoms with E-state index in [2.05, 4.69) is 56.6 Å². The summed E-state index contributed by atoms with van der Waals surface area (Å²) in [5.74, 6) is 1.64. The monoisotopic (exact) mass is 334 g/mol. The number of para-hydroxylation sites is 1. The Morgan fingerprint density at radius 2 is 1.68 bits per heavy atom. The molecule has 1 N–H and O–H groups in total. The van der Waals surface area contributed by atoms with Gasteiger partial charge in [-0.1, -0.05) is 48.5 Å². The van der Waals surface area contributed by atoms with Crippen LogP contribution in [0.4, 0.5) is 17.3 Å². The largest absolute Gasteiger partial charge is 0.383 e. The summed E-state index contributed by atoms with van der Waals surface area (Å²) in [7, 11) is 1.68. The number of benzene rings is 2. The second-order valence-corrected chi connectivity index (χ2v) is 5.59. The lowest BCUT2D eigenvalue weighted by Gasteiger charge is -2.24. The van der Waals surface area contributed by atoms with E-state index in [-0.39, 0.29) is 0 Å². The SMILES string of the molecule is COCCNc1cc(N(Cc2ccccc2)c2ccccc2)ncn1. The van der Waals surface area contributed by atoms with Crippen LogP contribution in [0.2, 0.25) is 0 Å². The third-order valence-corrected chi connectivity index (χ3v) is 3.79. The minimum absolute atomic E-state index is 0.631. The molecule has 0 fully saturated rings. The highest BCUT2D eigenvalue weighted by atomic mass is 16.5. The van der Waals surface area contributed by atoms with Crippen LogP contribution >= 0.6 is 0 Å². The van der Waals surface area contributed by atoms with Gasteiger partial charge in [0.05, 0.1) is 6.61 Å². The van der Waals surface area contributed by atoms with Gasteiger partial charge in [0.2, 0.25) is 0 Å². The van der Waals surface area contributed by atoms with Crippen LogP contribution in [0.3, 0.4) is 0 Å². The Kier molecular flexibility index (Phi) is 5.96. The molecule has 25 heavy (non-hydrogen) atoms. The third-order valence-electron chi connectivity index (χ3n) is 3.79. The predicted molar refractivity (Wildman–Crippen MR) is 101 cm³/mol. The first-order valence-corrected chi connectivity index (χ1v) is 8.28. The maximum absolute atomic E-state index is 5.07. The lowest BCUT2D eigenvalue weighted by molar-refractivity contribution is 0.210. The molecular formula is C20H22N4O. The van der Waals surface area contributed by atoms with Crippen LogP contribution in [0, 0.1) is 0 Å². The fraction of sp³-hybridized carbons (Fsp3) is 0.200. The molecule has 5 heteroatoms. The summed E-state index contributed by atoms with van der Waals surface area (Å²) < 4.78 is 5.07. The van der Waals surface area contributed by atoms with E-state index in [0.29, 0.717) is 13.2 Å². The molecule has 0 aliphatic heterocycles. The molecule has 0 aliphatic rings. The van der Waals surface area contributed by atoms with Gasteiger partial charge >= 0.3 is 0 Å². The molecule has 0 unspecified atom stereocenters. The molecule has 0 amide bonds. The molecule has 3 aromatic rings. The van der Waals surface area contributed by atoms with Crippen molar-refractivity contribution < 1.29 is 4.74 Å². The number of hydrogen-bond donors (Lipinski definition) is 1. The van der Waals surface area contributed by atoms with Gasteiger partial charge < -0.3 is 15.0 Å². The normalized spacial score (nSPS) is 10.4. The number of hydrogen-bond acceptors (Lipinski definition) is 5. The number of nitrogens with one attached hydrogen (secondary N) is 1. The smallest absolute Gasteiger partial charge is 0.138 e. The van der Waals surface area contributed by atoms with Crippen molar-refractivity contribution in [1.82, 2.24) is 9.97 Å². The van der Waals surface area contributed by atoms with Gasteiger partial charge in [0.1, 0.15) is 18.0 Å². The van der Waals surface area contributed by atoms with Gasteiger partial charge in [-0.15, -0.1) is 0 Å². The number of nitrogens with zero attached hydrogens (tertiary/aromatic N) is 3. The quantitative estimate of drug-likeness (QED) is 0.634. The molecule has 0 radical (unpaired) electrons. The van der Waals surface area contributed by atoms with E-state index >= 15 is 0 Å². The Bertz CT molecular complexity index is 765. The van der Waals surface area contributed by atoms with Crippen molar-refractivity contribution in [3.05, 3.63) is 78.6 Å². The Hall–Kier alpha value is -2.92. The molecule has 1 aromatic heterocycles. The molecule has 128 valence electrons. The Labute approximate surface area is 148 Å². The second kappa shape index (κ2) is 8.80. The van der Waals surface area contributed by atoms with Crippen molar-refractivity contribution in [3.8, 4) is 0 Å². The van der Waals surface area contributed by atoms with E-state index in [1.165, 1.54) is 5.56 Å². The summed E-state index contributed by atoms with van der Waals surface area (Å²) in [6.07, 6.45) is 1.59. The topological polar surface area (TPSA) is 50.3 Å². The molecule has 1 heterocycles. The molecule has 0 saturated heterocycles. The summed E-state index contributed by atoms with van der Waals surface area (Å²) >= 11 is 0. The highest BCUT2D eigenvalue weighted by Crippen LogP contribution is 2.26. The Balaban J connectivity index is 1.87. The zero-order valence-corrected chi connectivity index (χ0v) is 14.3. The van der Waals surface area contributed by atoms with Crippen LogP contribution in [-0.2, 0) is 11.3 Å². The third kappa shape index (κ3) is 4.78. The minimum atomic E-state index is 0.631. The van der Waals surface area contributed by atoms with Gasteiger partial charge in [0, 0.05) is 32.0 Å². The second-order valence-electron chi connectivity index (χ2n) is 5.59. The molecule has 0 atom stereocenters. The molecule has 3 rings (SSSR count). The van der Waals surface area contributed by atoms with E-state index in [9.17, 15) is 0 Å². The van der Waals surface area contributed by atoms with Crippen LogP contribution < -0.4 is 10.2 Å². The van der Waals surface area contributed by atoms with Crippen LogP contribution in [0.25, 0.3) is 0 Å². The van der Waals surface area contributed by atoms with Gasteiger partial charge in [0.25, 0.3) is 0 Å². The van der Waals surface area contributed by atoms with Gasteiger partial charge in [-0.3, -0.25) is 0 Å². The molecule has 5 nitrogen and oxygen atoms in total. The number of aromatic nitrogens is 2. The van der Waals surface area contributed by atoms with Crippen molar-refractivity contribution >= 4 is 17.3 Å². The summed E-state index contributed by atoms with van der Waals surface area (Å²) in [5, 5.41) is 3.25. The molecule has 0 saturated carbocycles. The fourth-order valence-electron chi connectivity index (χ4n) is 2.55. The number of anilines is 3. The first kappa shape index (κ1) is 16.9. The number of ether oxygens (including phenoxy) is 1. The average Bonchev–Trinajstić information content (AvgIpc) is 2.68. The van der Waals surface area contributed by atoms with E-state index in [4.69, 9.17) is 4.74 Å². The first-order chi connectivity index (χ1) is 12.4. The van der Waals surface area contributed by atoms with Crippen LogP contribution in [0.15, 0.2) is 73.1 Å². The number of rotatable bonds is 8. The zero-order chi connectivity index (χ0) is 17.3. The van der Waals surface area contributed by atoms with E-state index in [0.717, 1.165) is 23.9 Å². The standard InChI is InChI=1S/C20H22N4O/c1-25-13-12-21-19-14-20(23-16-22-19)24(18-10-6-3-7-11-18)15-17-8-4-2-5-9-17/h2-11,14,16H,12-13,15H2,1H3,(H,21,22,23). The Morgan fingerprint density at radius 1 is 0.960 bits per heavy atom. The molecule has 0 spiro atoms. The van der Waals surface area contributed by atoms with E-state index < -0.39 is 0 Å². The maximum atomic E-state index is 5.07. The van der Waals surface area contributed by atoms with Gasteiger partial charge in [-0.05, 0) is 17.7 Å². The zero-order valence-electron chi connectivity index (χ0n) is 14.3. The Morgan fingerprint density at radius 3 is 2.40 bits per heavy atom. The van der Waals surface area contributed by atoms with Gasteiger partial charge in [0.15, 0.2) is 0 Å². The lowest BCUT2D eigenvalue weighted by Crippen LogP contribution is -2.18. The lowest BCUT2D eigenvalue weighted by atomic mass is 10.2. The van der Waals surface area contributed by atoms with Crippen molar-refractivity contribution in [2.45, 2.75) is 6.54 Å². The van der Waals surface area contributed by atoms with E-state index in [1.807, 2.05) is 30.3 Å². The highest BCUT2D eigenvalue weighted by molar-refractivity contribution is 5.62. The highest BCUT2D eigenvalue weighted by Gasteiger charge is 2.12. The van der Waals surface area contributed by atoms with Crippen molar-refractivity contribution in [3.63, 3.8) is 0 Å². The summed E-state index contributed by atoms with van der Waals surface area (Å²) in [6, 6.07) is 22.6.